The molecule has 1 saturated heterocycles. The monoisotopic (exact) mass is 488 g/mol. The van der Waals surface area contributed by atoms with Gasteiger partial charge < -0.3 is 14.2 Å². The first-order chi connectivity index (χ1) is 17.4. The lowest BCUT2D eigenvalue weighted by molar-refractivity contribution is -0.126. The summed E-state index contributed by atoms with van der Waals surface area (Å²) in [7, 11) is 2.07. The number of anilines is 1. The van der Waals surface area contributed by atoms with E-state index in [1.165, 1.54) is 6.08 Å². The van der Waals surface area contributed by atoms with Crippen molar-refractivity contribution in [2.45, 2.75) is 38.8 Å². The van der Waals surface area contributed by atoms with Gasteiger partial charge in [0.05, 0.1) is 17.1 Å². The van der Waals surface area contributed by atoms with Crippen LogP contribution >= 0.6 is 0 Å². The lowest BCUT2D eigenvalue weighted by Gasteiger charge is -2.27. The van der Waals surface area contributed by atoms with Gasteiger partial charge in [0.1, 0.15) is 12.4 Å². The first-order valence-corrected chi connectivity index (χ1v) is 12.4. The molecule has 0 spiro atoms. The van der Waals surface area contributed by atoms with Crippen molar-refractivity contribution in [3.8, 4) is 5.75 Å². The summed E-state index contributed by atoms with van der Waals surface area (Å²) < 4.78 is 8.21. The molecule has 5 rings (SSSR count). The number of benzene rings is 1. The van der Waals surface area contributed by atoms with Crippen molar-refractivity contribution in [1.29, 1.82) is 0 Å². The van der Waals surface area contributed by atoms with E-state index in [-0.39, 0.29) is 17.9 Å². The zero-order chi connectivity index (χ0) is 25.2. The molecule has 2 aliphatic rings. The van der Waals surface area contributed by atoms with Crippen LogP contribution in [0, 0.1) is 6.92 Å². The molecule has 0 saturated carbocycles. The van der Waals surface area contributed by atoms with Gasteiger partial charge in [-0.1, -0.05) is 6.58 Å². The van der Waals surface area contributed by atoms with E-state index in [2.05, 4.69) is 33.4 Å². The van der Waals surface area contributed by atoms with Crippen LogP contribution < -0.4 is 10.1 Å². The maximum atomic E-state index is 13.3. The molecule has 0 bridgehead atoms. The summed E-state index contributed by atoms with van der Waals surface area (Å²) in [6, 6.07) is 7.31. The van der Waals surface area contributed by atoms with Crippen LogP contribution in [0.5, 0.6) is 5.75 Å². The van der Waals surface area contributed by atoms with Crippen molar-refractivity contribution in [2.24, 2.45) is 0 Å². The third-order valence-corrected chi connectivity index (χ3v) is 6.95. The number of aryl methyl sites for hydroxylation is 1. The Kier molecular flexibility index (Phi) is 6.73. The molecule has 2 aromatic heterocycles. The molecule has 9 heteroatoms. The number of aromatic nitrogens is 3. The van der Waals surface area contributed by atoms with Gasteiger partial charge in [0.15, 0.2) is 0 Å². The summed E-state index contributed by atoms with van der Waals surface area (Å²) >= 11 is 0. The SMILES string of the molecule is C=CC(=O)N1CCCC[C@@H](n2c(NC(=O)c3ccnc(C)c3)nc3ccc4c(c32)CN(C)CCO4)C1. The number of nitrogens with zero attached hydrogens (tertiary/aromatic N) is 5. The first kappa shape index (κ1) is 24.0. The molecule has 0 radical (unpaired) electrons. The number of likely N-dealkylation sites (tertiary alicyclic amines) is 1. The molecule has 0 aliphatic carbocycles. The predicted molar refractivity (Wildman–Crippen MR) is 138 cm³/mol. The minimum atomic E-state index is -0.246. The maximum Gasteiger partial charge on any atom is 0.258 e. The Bertz CT molecular complexity index is 1320. The van der Waals surface area contributed by atoms with Crippen LogP contribution in [0.15, 0.2) is 43.1 Å². The van der Waals surface area contributed by atoms with E-state index in [9.17, 15) is 9.59 Å². The summed E-state index contributed by atoms with van der Waals surface area (Å²) in [5.41, 5.74) is 4.07. The second-order valence-electron chi connectivity index (χ2n) is 9.58. The highest BCUT2D eigenvalue weighted by atomic mass is 16.5. The fourth-order valence-corrected chi connectivity index (χ4v) is 5.15. The normalized spacial score (nSPS) is 18.6. The van der Waals surface area contributed by atoms with E-state index >= 15 is 0 Å². The third kappa shape index (κ3) is 4.70. The maximum absolute atomic E-state index is 13.3. The molecule has 2 aliphatic heterocycles. The highest BCUT2D eigenvalue weighted by Gasteiger charge is 2.29. The number of ether oxygens (including phenoxy) is 1. The van der Waals surface area contributed by atoms with E-state index in [0.717, 1.165) is 53.8 Å². The van der Waals surface area contributed by atoms with E-state index in [4.69, 9.17) is 9.72 Å². The van der Waals surface area contributed by atoms with E-state index < -0.39 is 0 Å². The van der Waals surface area contributed by atoms with Gasteiger partial charge in [0.2, 0.25) is 11.9 Å². The largest absolute Gasteiger partial charge is 0.492 e. The summed E-state index contributed by atoms with van der Waals surface area (Å²) in [5, 5.41) is 3.06. The molecule has 36 heavy (non-hydrogen) atoms. The number of hydrogen-bond acceptors (Lipinski definition) is 6. The zero-order valence-corrected chi connectivity index (χ0v) is 20.9. The van der Waals surface area contributed by atoms with Crippen LogP contribution in [0.4, 0.5) is 5.95 Å². The zero-order valence-electron chi connectivity index (χ0n) is 20.9. The molecule has 1 fully saturated rings. The molecule has 2 amide bonds. The van der Waals surface area contributed by atoms with Crippen molar-refractivity contribution in [2.75, 3.05) is 38.6 Å². The van der Waals surface area contributed by atoms with Crippen LogP contribution in [-0.2, 0) is 11.3 Å². The fraction of sp³-hybridized carbons (Fsp3) is 0.407. The van der Waals surface area contributed by atoms with Gasteiger partial charge in [0.25, 0.3) is 5.91 Å². The topological polar surface area (TPSA) is 92.6 Å². The van der Waals surface area contributed by atoms with Crippen LogP contribution in [0.25, 0.3) is 11.0 Å². The van der Waals surface area contributed by atoms with Gasteiger partial charge in [-0.05, 0) is 63.6 Å². The number of hydrogen-bond donors (Lipinski definition) is 1. The van der Waals surface area contributed by atoms with E-state index in [0.29, 0.717) is 37.8 Å². The van der Waals surface area contributed by atoms with Gasteiger partial charge >= 0.3 is 0 Å². The third-order valence-electron chi connectivity index (χ3n) is 6.95. The first-order valence-electron chi connectivity index (χ1n) is 12.4. The van der Waals surface area contributed by atoms with E-state index in [1.807, 2.05) is 24.0 Å². The Labute approximate surface area is 210 Å². The molecule has 3 aromatic rings. The molecular formula is C27H32N6O3. The Hall–Kier alpha value is -3.72. The molecule has 1 aromatic carbocycles. The van der Waals surface area contributed by atoms with Gasteiger partial charge in [-0.2, -0.15) is 0 Å². The van der Waals surface area contributed by atoms with Gasteiger partial charge in [-0.25, -0.2) is 4.98 Å². The second-order valence-corrected chi connectivity index (χ2v) is 9.58. The average molecular weight is 489 g/mol. The number of amides is 2. The summed E-state index contributed by atoms with van der Waals surface area (Å²) in [4.78, 5) is 39.0. The molecule has 0 unspecified atom stereocenters. The average Bonchev–Trinajstić information content (AvgIpc) is 3.00. The molecule has 9 nitrogen and oxygen atoms in total. The Balaban J connectivity index is 1.64. The van der Waals surface area contributed by atoms with Gasteiger partial charge in [0, 0.05) is 49.2 Å². The number of likely N-dealkylation sites (N-methyl/N-ethyl adjacent to an activating group) is 1. The molecule has 1 atom stereocenters. The van der Waals surface area contributed by atoms with Crippen molar-refractivity contribution >= 4 is 28.8 Å². The standard InChI is InChI=1S/C27H32N6O3/c1-4-24(34)32-12-6-5-7-20(16-32)33-25-21-17-31(3)13-14-36-23(21)9-8-22(25)29-27(33)30-26(35)19-10-11-28-18(2)15-19/h4,8-11,15,20H,1,5-7,12-14,16-17H2,2-3H3,(H,29,30,35)/t20-/m1/s1. The fourth-order valence-electron chi connectivity index (χ4n) is 5.15. The number of pyridine rings is 1. The number of nitrogens with one attached hydrogen (secondary N) is 1. The minimum Gasteiger partial charge on any atom is -0.492 e. The van der Waals surface area contributed by atoms with Crippen LogP contribution in [0.1, 0.15) is 46.9 Å². The molecule has 1 N–H and O–H groups in total. The van der Waals surface area contributed by atoms with Crippen LogP contribution in [0.3, 0.4) is 0 Å². The quantitative estimate of drug-likeness (QED) is 0.565. The Morgan fingerprint density at radius 2 is 2.08 bits per heavy atom. The number of carbonyl (C=O) groups excluding carboxylic acids is 2. The summed E-state index contributed by atoms with van der Waals surface area (Å²) in [5.74, 6) is 0.987. The predicted octanol–water partition coefficient (Wildman–Crippen LogP) is 3.56. The van der Waals surface area contributed by atoms with Crippen LogP contribution in [0.2, 0.25) is 0 Å². The van der Waals surface area contributed by atoms with Crippen molar-refractivity contribution in [3.05, 3.63) is 59.9 Å². The number of imidazole rings is 1. The van der Waals surface area contributed by atoms with E-state index in [1.54, 1.807) is 18.3 Å². The van der Waals surface area contributed by atoms with Crippen molar-refractivity contribution in [3.63, 3.8) is 0 Å². The number of carbonyl (C=O) groups is 2. The van der Waals surface area contributed by atoms with Crippen molar-refractivity contribution < 1.29 is 14.3 Å². The Morgan fingerprint density at radius 1 is 1.22 bits per heavy atom. The smallest absolute Gasteiger partial charge is 0.258 e. The van der Waals surface area contributed by atoms with Crippen LogP contribution in [-0.4, -0.2) is 69.4 Å². The molecule has 188 valence electrons. The lowest BCUT2D eigenvalue weighted by atomic mass is 10.1. The minimum absolute atomic E-state index is 0.0593. The number of fused-ring (bicyclic) bond motifs is 3. The second kappa shape index (κ2) is 10.1. The summed E-state index contributed by atoms with van der Waals surface area (Å²) in [6.07, 6.45) is 5.75. The highest BCUT2D eigenvalue weighted by Crippen LogP contribution is 2.37. The van der Waals surface area contributed by atoms with Crippen molar-refractivity contribution in [1.82, 2.24) is 24.3 Å². The van der Waals surface area contributed by atoms with Gasteiger partial charge in [-0.3, -0.25) is 24.8 Å². The molecular weight excluding hydrogens is 456 g/mol. The highest BCUT2D eigenvalue weighted by molar-refractivity contribution is 6.04. The lowest BCUT2D eigenvalue weighted by Crippen LogP contribution is -2.34. The Morgan fingerprint density at radius 3 is 2.89 bits per heavy atom. The number of rotatable bonds is 4. The molecule has 4 heterocycles. The van der Waals surface area contributed by atoms with Gasteiger partial charge in [-0.15, -0.1) is 0 Å². The summed E-state index contributed by atoms with van der Waals surface area (Å²) in [6.45, 7) is 8.89.